The van der Waals surface area contributed by atoms with Crippen LogP contribution in [-0.2, 0) is 29.7 Å². The average Bonchev–Trinajstić information content (AvgIpc) is 3.15. The van der Waals surface area contributed by atoms with Crippen LogP contribution in [0.2, 0.25) is 0 Å². The molecule has 33 heavy (non-hydrogen) atoms. The lowest BCUT2D eigenvalue weighted by atomic mass is 10.3. The van der Waals surface area contributed by atoms with Crippen molar-refractivity contribution in [3.63, 3.8) is 0 Å². The number of hydrogen-bond acceptors (Lipinski definition) is 7. The van der Waals surface area contributed by atoms with Crippen molar-refractivity contribution in [1.82, 2.24) is 24.0 Å². The minimum absolute atomic E-state index is 0.0107. The van der Waals surface area contributed by atoms with E-state index in [-0.39, 0.29) is 43.3 Å². The number of alkyl halides is 3. The molecule has 1 atom stereocenters. The highest BCUT2D eigenvalue weighted by atomic mass is 19.4. The van der Waals surface area contributed by atoms with E-state index >= 15 is 0 Å². The first kappa shape index (κ1) is 24.1. The second-order valence-corrected chi connectivity index (χ2v) is 7.18. The standard InChI is InChI=1S/C20H23F3N6O4/c1-4-6-9-28-14-15(29(10-7-5-2)19(32)26(3)16(14)30)25-18(28)27-11-8-24-12-13(27)33-17(31)20(21,22)23/h5,7,13,24H,8-12H2,1-3H3/b7-5+. The summed E-state index contributed by atoms with van der Waals surface area (Å²) >= 11 is 0. The Hall–Kier alpha value is -3.53. The molecule has 0 bridgehead atoms. The number of halogens is 3. The SMILES string of the molecule is CC#CCn1c(N2CCNCC2OC(=O)C(F)(F)F)nc2c1c(=O)n(C)c(=O)n2C/C=C/C. The predicted octanol–water partition coefficient (Wildman–Crippen LogP) is 0.337. The molecule has 3 rings (SSSR count). The van der Waals surface area contributed by atoms with Crippen LogP contribution in [0, 0.1) is 11.8 Å². The molecule has 1 saturated heterocycles. The third-order valence-electron chi connectivity index (χ3n) is 5.07. The smallest absolute Gasteiger partial charge is 0.433 e. The van der Waals surface area contributed by atoms with Crippen LogP contribution in [0.25, 0.3) is 11.2 Å². The van der Waals surface area contributed by atoms with Crippen molar-refractivity contribution < 1.29 is 22.7 Å². The monoisotopic (exact) mass is 468 g/mol. The van der Waals surface area contributed by atoms with Crippen LogP contribution in [0.1, 0.15) is 13.8 Å². The normalized spacial score (nSPS) is 16.8. The number of carbonyl (C=O) groups excluding carboxylic acids is 1. The summed E-state index contributed by atoms with van der Waals surface area (Å²) in [5.74, 6) is 3.27. The molecule has 1 N–H and O–H groups in total. The van der Waals surface area contributed by atoms with Crippen LogP contribution < -0.4 is 21.5 Å². The molecule has 0 spiro atoms. The van der Waals surface area contributed by atoms with Gasteiger partial charge in [-0.1, -0.05) is 18.1 Å². The predicted molar refractivity (Wildman–Crippen MR) is 114 cm³/mol. The first-order valence-corrected chi connectivity index (χ1v) is 10.1. The summed E-state index contributed by atoms with van der Waals surface area (Å²) in [6, 6.07) is 0. The van der Waals surface area contributed by atoms with E-state index in [0.717, 1.165) is 4.57 Å². The van der Waals surface area contributed by atoms with Gasteiger partial charge in [-0.25, -0.2) is 9.59 Å². The van der Waals surface area contributed by atoms with Crippen molar-refractivity contribution in [3.8, 4) is 11.8 Å². The van der Waals surface area contributed by atoms with E-state index in [1.807, 2.05) is 0 Å². The Labute approximate surface area is 186 Å². The lowest BCUT2D eigenvalue weighted by Gasteiger charge is -2.36. The van der Waals surface area contributed by atoms with Crippen LogP contribution in [0.4, 0.5) is 19.1 Å². The fourth-order valence-electron chi connectivity index (χ4n) is 3.45. The van der Waals surface area contributed by atoms with E-state index in [1.54, 1.807) is 26.0 Å². The number of ether oxygens (including phenoxy) is 1. The highest BCUT2D eigenvalue weighted by molar-refractivity contribution is 5.77. The second kappa shape index (κ2) is 9.53. The van der Waals surface area contributed by atoms with Gasteiger partial charge in [0, 0.05) is 26.7 Å². The molecule has 13 heteroatoms. The van der Waals surface area contributed by atoms with Crippen molar-refractivity contribution in [1.29, 1.82) is 0 Å². The van der Waals surface area contributed by atoms with E-state index in [0.29, 0.717) is 6.54 Å². The zero-order chi connectivity index (χ0) is 24.3. The summed E-state index contributed by atoms with van der Waals surface area (Å²) in [5.41, 5.74) is -1.08. The van der Waals surface area contributed by atoms with Gasteiger partial charge in [-0.15, -0.1) is 5.92 Å². The Kier molecular flexibility index (Phi) is 6.97. The number of hydrogen-bond donors (Lipinski definition) is 1. The van der Waals surface area contributed by atoms with Crippen molar-refractivity contribution in [2.75, 3.05) is 24.5 Å². The average molecular weight is 468 g/mol. The van der Waals surface area contributed by atoms with Gasteiger partial charge in [0.1, 0.15) is 0 Å². The minimum Gasteiger partial charge on any atom is -0.433 e. The van der Waals surface area contributed by atoms with Gasteiger partial charge in [0.05, 0.1) is 13.1 Å². The van der Waals surface area contributed by atoms with E-state index in [9.17, 15) is 27.6 Å². The zero-order valence-corrected chi connectivity index (χ0v) is 18.3. The van der Waals surface area contributed by atoms with E-state index < -0.39 is 29.6 Å². The fourth-order valence-corrected chi connectivity index (χ4v) is 3.45. The number of allylic oxidation sites excluding steroid dienone is 2. The highest BCUT2D eigenvalue weighted by Gasteiger charge is 2.44. The summed E-state index contributed by atoms with van der Waals surface area (Å²) in [7, 11) is 1.33. The molecular weight excluding hydrogens is 445 g/mol. The van der Waals surface area contributed by atoms with Crippen molar-refractivity contribution in [2.45, 2.75) is 39.3 Å². The second-order valence-electron chi connectivity index (χ2n) is 7.18. The molecule has 1 fully saturated rings. The molecule has 0 aliphatic carbocycles. The molecule has 0 aromatic carbocycles. The fraction of sp³-hybridized carbons (Fsp3) is 0.500. The number of carbonyl (C=O) groups is 1. The van der Waals surface area contributed by atoms with Gasteiger partial charge in [-0.3, -0.25) is 18.5 Å². The van der Waals surface area contributed by atoms with Gasteiger partial charge < -0.3 is 15.0 Å². The van der Waals surface area contributed by atoms with Crippen molar-refractivity contribution >= 4 is 23.1 Å². The topological polar surface area (TPSA) is 103 Å². The van der Waals surface area contributed by atoms with Gasteiger partial charge in [-0.2, -0.15) is 18.2 Å². The maximum Gasteiger partial charge on any atom is 0.491 e. The summed E-state index contributed by atoms with van der Waals surface area (Å²) in [6.07, 6.45) is -3.07. The number of anilines is 1. The van der Waals surface area contributed by atoms with Crippen molar-refractivity contribution in [2.24, 2.45) is 7.05 Å². The molecular formula is C20H23F3N6O4. The van der Waals surface area contributed by atoms with Gasteiger partial charge >= 0.3 is 17.8 Å². The van der Waals surface area contributed by atoms with Crippen LogP contribution >= 0.6 is 0 Å². The minimum atomic E-state index is -5.17. The number of imidazole rings is 1. The van der Waals surface area contributed by atoms with Crippen molar-refractivity contribution in [3.05, 3.63) is 33.0 Å². The Balaban J connectivity index is 2.24. The summed E-state index contributed by atoms with van der Waals surface area (Å²) in [4.78, 5) is 43.1. The highest BCUT2D eigenvalue weighted by Crippen LogP contribution is 2.25. The summed E-state index contributed by atoms with van der Waals surface area (Å²) in [5, 5.41) is 2.88. The summed E-state index contributed by atoms with van der Waals surface area (Å²) in [6.45, 7) is 3.90. The first-order chi connectivity index (χ1) is 15.6. The Morgan fingerprint density at radius 2 is 2.06 bits per heavy atom. The number of esters is 1. The van der Waals surface area contributed by atoms with Crippen LogP contribution in [0.15, 0.2) is 21.7 Å². The largest absolute Gasteiger partial charge is 0.491 e. The molecule has 0 radical (unpaired) electrons. The molecule has 10 nitrogen and oxygen atoms in total. The molecule has 1 aliphatic rings. The summed E-state index contributed by atoms with van der Waals surface area (Å²) < 4.78 is 46.8. The molecule has 2 aromatic heterocycles. The number of nitrogens with zero attached hydrogens (tertiary/aromatic N) is 5. The van der Waals surface area contributed by atoms with Gasteiger partial charge in [0.2, 0.25) is 5.95 Å². The molecule has 0 saturated carbocycles. The maximum atomic E-state index is 13.0. The maximum absolute atomic E-state index is 13.0. The zero-order valence-electron chi connectivity index (χ0n) is 18.3. The van der Waals surface area contributed by atoms with Gasteiger partial charge in [0.15, 0.2) is 17.4 Å². The Bertz CT molecular complexity index is 1260. The third kappa shape index (κ3) is 4.65. The number of fused-ring (bicyclic) bond motifs is 1. The van der Waals surface area contributed by atoms with E-state index in [4.69, 9.17) is 4.74 Å². The molecule has 1 aliphatic heterocycles. The number of piperazine rings is 1. The van der Waals surface area contributed by atoms with E-state index in [1.165, 1.54) is 21.1 Å². The first-order valence-electron chi connectivity index (χ1n) is 10.1. The Morgan fingerprint density at radius 3 is 2.70 bits per heavy atom. The number of aromatic nitrogens is 4. The Morgan fingerprint density at radius 1 is 1.33 bits per heavy atom. The third-order valence-corrected chi connectivity index (χ3v) is 5.07. The molecule has 3 heterocycles. The quantitative estimate of drug-likeness (QED) is 0.383. The molecule has 1 unspecified atom stereocenters. The van der Waals surface area contributed by atoms with Crippen LogP contribution in [0.3, 0.4) is 0 Å². The lowest BCUT2D eigenvalue weighted by molar-refractivity contribution is -0.205. The van der Waals surface area contributed by atoms with Crippen LogP contribution in [-0.4, -0.2) is 56.7 Å². The van der Waals surface area contributed by atoms with Crippen LogP contribution in [0.5, 0.6) is 0 Å². The van der Waals surface area contributed by atoms with Gasteiger partial charge in [-0.05, 0) is 13.8 Å². The molecule has 0 amide bonds. The number of rotatable bonds is 5. The van der Waals surface area contributed by atoms with Gasteiger partial charge in [0.25, 0.3) is 5.56 Å². The molecule has 178 valence electrons. The number of nitrogens with one attached hydrogen (secondary N) is 1. The molecule has 2 aromatic rings. The van der Waals surface area contributed by atoms with E-state index in [2.05, 4.69) is 22.1 Å². The lowest BCUT2D eigenvalue weighted by Crippen LogP contribution is -2.55.